The summed E-state index contributed by atoms with van der Waals surface area (Å²) in [5.41, 5.74) is 1.69. The number of hydrogen-bond donors (Lipinski definition) is 1. The van der Waals surface area contributed by atoms with Gasteiger partial charge < -0.3 is 10.6 Å². The van der Waals surface area contributed by atoms with E-state index >= 15 is 0 Å². The zero-order valence-electron chi connectivity index (χ0n) is 14.0. The third kappa shape index (κ3) is 4.30. The number of rotatable bonds is 6. The summed E-state index contributed by atoms with van der Waals surface area (Å²) in [7, 11) is 0. The second-order valence-corrected chi connectivity index (χ2v) is 6.73. The molecule has 2 N–H and O–H groups in total. The molecule has 2 aromatic carbocycles. The Labute approximate surface area is 150 Å². The molecule has 0 aliphatic rings. The first-order valence-corrected chi connectivity index (χ1v) is 8.86. The van der Waals surface area contributed by atoms with Crippen LogP contribution >= 0.6 is 11.8 Å². The number of nitrogens with two attached hydrogens (primary N) is 1. The number of hydrogen-bond acceptors (Lipinski definition) is 5. The van der Waals surface area contributed by atoms with Crippen molar-refractivity contribution in [2.45, 2.75) is 30.9 Å². The second kappa shape index (κ2) is 7.57. The molecule has 0 saturated heterocycles. The molecule has 3 rings (SSSR count). The molecule has 1 heterocycles. The molecule has 0 radical (unpaired) electrons. The number of ether oxygens (including phenoxy) is 1. The fourth-order valence-electron chi connectivity index (χ4n) is 2.33. The van der Waals surface area contributed by atoms with Crippen LogP contribution in [0, 0.1) is 5.82 Å². The highest BCUT2D eigenvalue weighted by Gasteiger charge is 2.13. The van der Waals surface area contributed by atoms with Gasteiger partial charge in [-0.25, -0.2) is 9.07 Å². The van der Waals surface area contributed by atoms with Crippen LogP contribution in [-0.4, -0.2) is 21.0 Å². The van der Waals surface area contributed by atoms with Crippen LogP contribution in [-0.2, 0) is 5.75 Å². The van der Waals surface area contributed by atoms with Gasteiger partial charge in [-0.15, -0.1) is 10.2 Å². The maximum atomic E-state index is 13.2. The molecule has 0 spiro atoms. The van der Waals surface area contributed by atoms with Crippen LogP contribution in [0.1, 0.15) is 19.4 Å². The lowest BCUT2D eigenvalue weighted by molar-refractivity contribution is 0.242. The van der Waals surface area contributed by atoms with E-state index in [9.17, 15) is 4.39 Å². The van der Waals surface area contributed by atoms with Crippen LogP contribution < -0.4 is 10.6 Å². The minimum atomic E-state index is -0.255. The molecule has 130 valence electrons. The highest BCUT2D eigenvalue weighted by molar-refractivity contribution is 7.98. The monoisotopic (exact) mass is 358 g/mol. The van der Waals surface area contributed by atoms with Crippen molar-refractivity contribution in [1.29, 1.82) is 0 Å². The lowest BCUT2D eigenvalue weighted by atomic mass is 10.2. The zero-order chi connectivity index (χ0) is 17.8. The molecule has 7 heteroatoms. The summed E-state index contributed by atoms with van der Waals surface area (Å²) in [5.74, 6) is 7.75. The summed E-state index contributed by atoms with van der Waals surface area (Å²) in [5, 5.41) is 8.87. The number of thioether (sulfide) groups is 1. The maximum absolute atomic E-state index is 13.2. The molecule has 0 atom stereocenters. The first-order chi connectivity index (χ1) is 12.0. The van der Waals surface area contributed by atoms with Gasteiger partial charge in [0.1, 0.15) is 11.6 Å². The van der Waals surface area contributed by atoms with Crippen LogP contribution in [0.15, 0.2) is 53.7 Å². The molecule has 0 aliphatic heterocycles. The van der Waals surface area contributed by atoms with E-state index in [0.29, 0.717) is 16.7 Å². The largest absolute Gasteiger partial charge is 0.491 e. The van der Waals surface area contributed by atoms with Gasteiger partial charge in [0.2, 0.25) is 5.16 Å². The summed E-state index contributed by atoms with van der Waals surface area (Å²) in [4.78, 5) is 0. The van der Waals surface area contributed by atoms with Crippen molar-refractivity contribution in [3.8, 4) is 17.1 Å². The van der Waals surface area contributed by atoms with Gasteiger partial charge in [0, 0.05) is 11.3 Å². The highest BCUT2D eigenvalue weighted by atomic mass is 32.2. The van der Waals surface area contributed by atoms with E-state index in [2.05, 4.69) is 10.2 Å². The van der Waals surface area contributed by atoms with Crippen LogP contribution in [0.25, 0.3) is 11.4 Å². The van der Waals surface area contributed by atoms with E-state index in [4.69, 9.17) is 10.6 Å². The number of nitrogen functional groups attached to an aromatic ring is 1. The average molecular weight is 358 g/mol. The van der Waals surface area contributed by atoms with Crippen molar-refractivity contribution in [1.82, 2.24) is 14.9 Å². The standard InChI is InChI=1S/C18H19FN4OS/c1-12(2)24-16-8-4-6-14(10-16)17-21-22-18(23(17)20)25-11-13-5-3-7-15(19)9-13/h3-10,12H,11,20H2,1-2H3. The molecule has 25 heavy (non-hydrogen) atoms. The van der Waals surface area contributed by atoms with Gasteiger partial charge in [0.15, 0.2) is 5.82 Å². The fourth-order valence-corrected chi connectivity index (χ4v) is 3.13. The fraction of sp³-hybridized carbons (Fsp3) is 0.222. The van der Waals surface area contributed by atoms with Crippen molar-refractivity contribution in [3.05, 3.63) is 59.9 Å². The first kappa shape index (κ1) is 17.3. The molecule has 0 unspecified atom stereocenters. The van der Waals surface area contributed by atoms with Gasteiger partial charge in [-0.2, -0.15) is 0 Å². The Balaban J connectivity index is 1.77. The van der Waals surface area contributed by atoms with E-state index < -0.39 is 0 Å². The molecule has 0 fully saturated rings. The van der Waals surface area contributed by atoms with Crippen molar-refractivity contribution in [2.75, 3.05) is 5.84 Å². The molecule has 5 nitrogen and oxygen atoms in total. The third-order valence-electron chi connectivity index (χ3n) is 3.39. The van der Waals surface area contributed by atoms with Gasteiger partial charge in [0.05, 0.1) is 6.10 Å². The van der Waals surface area contributed by atoms with Gasteiger partial charge >= 0.3 is 0 Å². The Morgan fingerprint density at radius 1 is 1.16 bits per heavy atom. The Bertz CT molecular complexity index is 866. The Morgan fingerprint density at radius 2 is 1.96 bits per heavy atom. The summed E-state index contributed by atoms with van der Waals surface area (Å²) < 4.78 is 20.4. The quantitative estimate of drug-likeness (QED) is 0.535. The van der Waals surface area contributed by atoms with E-state index in [0.717, 1.165) is 16.9 Å². The van der Waals surface area contributed by atoms with Crippen molar-refractivity contribution in [2.24, 2.45) is 0 Å². The van der Waals surface area contributed by atoms with Crippen LogP contribution in [0.2, 0.25) is 0 Å². The van der Waals surface area contributed by atoms with Crippen LogP contribution in [0.3, 0.4) is 0 Å². The van der Waals surface area contributed by atoms with Gasteiger partial charge in [-0.1, -0.05) is 36.0 Å². The molecule has 0 saturated carbocycles. The minimum absolute atomic E-state index is 0.0865. The summed E-state index contributed by atoms with van der Waals surface area (Å²) in [6, 6.07) is 14.0. The van der Waals surface area contributed by atoms with Crippen LogP contribution in [0.4, 0.5) is 4.39 Å². The Kier molecular flexibility index (Phi) is 5.23. The lowest BCUT2D eigenvalue weighted by Crippen LogP contribution is -2.11. The molecular weight excluding hydrogens is 339 g/mol. The second-order valence-electron chi connectivity index (χ2n) is 5.79. The van der Waals surface area contributed by atoms with E-state index in [-0.39, 0.29) is 11.9 Å². The lowest BCUT2D eigenvalue weighted by Gasteiger charge is -2.10. The molecule has 1 aromatic heterocycles. The summed E-state index contributed by atoms with van der Waals surface area (Å²) in [6.45, 7) is 3.94. The SMILES string of the molecule is CC(C)Oc1cccc(-c2nnc(SCc3cccc(F)c3)n2N)c1. The predicted octanol–water partition coefficient (Wildman–Crippen LogP) is 3.88. The van der Waals surface area contributed by atoms with Gasteiger partial charge in [-0.05, 0) is 43.7 Å². The van der Waals surface area contributed by atoms with Crippen molar-refractivity contribution < 1.29 is 9.13 Å². The van der Waals surface area contributed by atoms with Gasteiger partial charge in [-0.3, -0.25) is 0 Å². The summed E-state index contributed by atoms with van der Waals surface area (Å²) >= 11 is 1.41. The molecule has 0 amide bonds. The Morgan fingerprint density at radius 3 is 2.72 bits per heavy atom. The number of benzene rings is 2. The number of nitrogens with zero attached hydrogens (tertiary/aromatic N) is 3. The Hall–Kier alpha value is -2.54. The highest BCUT2D eigenvalue weighted by Crippen LogP contribution is 2.26. The molecule has 0 aliphatic carbocycles. The molecule has 0 bridgehead atoms. The zero-order valence-corrected chi connectivity index (χ0v) is 14.8. The van der Waals surface area contributed by atoms with Gasteiger partial charge in [0.25, 0.3) is 0 Å². The van der Waals surface area contributed by atoms with E-state index in [1.807, 2.05) is 44.2 Å². The maximum Gasteiger partial charge on any atom is 0.210 e. The number of halogens is 1. The van der Waals surface area contributed by atoms with Crippen molar-refractivity contribution in [3.63, 3.8) is 0 Å². The molecule has 3 aromatic rings. The first-order valence-electron chi connectivity index (χ1n) is 7.88. The van der Waals surface area contributed by atoms with Crippen LogP contribution in [0.5, 0.6) is 5.75 Å². The third-order valence-corrected chi connectivity index (χ3v) is 4.40. The summed E-state index contributed by atoms with van der Waals surface area (Å²) in [6.07, 6.45) is 0.0865. The number of aromatic nitrogens is 3. The minimum Gasteiger partial charge on any atom is -0.491 e. The molecular formula is C18H19FN4OS. The topological polar surface area (TPSA) is 66.0 Å². The average Bonchev–Trinajstić information content (AvgIpc) is 2.93. The normalized spacial score (nSPS) is 11.0. The van der Waals surface area contributed by atoms with E-state index in [1.165, 1.54) is 28.6 Å². The predicted molar refractivity (Wildman–Crippen MR) is 97.3 cm³/mol. The van der Waals surface area contributed by atoms with Crippen molar-refractivity contribution >= 4 is 11.8 Å². The smallest absolute Gasteiger partial charge is 0.210 e. The van der Waals surface area contributed by atoms with E-state index in [1.54, 1.807) is 6.07 Å².